The van der Waals surface area contributed by atoms with Crippen LogP contribution in [0.5, 0.6) is 0 Å². The summed E-state index contributed by atoms with van der Waals surface area (Å²) in [6.07, 6.45) is -3.85. The standard InChI is InChI=1S/C13H12F3NO3/c14-13(15,16)8-3-1-7(2-4-8)9-5-10(9)12(20)17-6-11(18)19/h1-4,9-10H,5-6H2,(H,17,20)(H,18,19)/t9-,10-/m0/s1. The Bertz CT molecular complexity index is 525. The summed E-state index contributed by atoms with van der Waals surface area (Å²) in [7, 11) is 0. The van der Waals surface area contributed by atoms with E-state index in [0.717, 1.165) is 12.1 Å². The minimum absolute atomic E-state index is 0.133. The molecule has 0 radical (unpaired) electrons. The Morgan fingerprint density at radius 3 is 2.35 bits per heavy atom. The molecule has 0 aromatic heterocycles. The molecule has 7 heteroatoms. The monoisotopic (exact) mass is 287 g/mol. The zero-order valence-electron chi connectivity index (χ0n) is 10.3. The van der Waals surface area contributed by atoms with Crippen LogP contribution in [0.15, 0.2) is 24.3 Å². The van der Waals surface area contributed by atoms with Crippen LogP contribution in [0.1, 0.15) is 23.5 Å². The summed E-state index contributed by atoms with van der Waals surface area (Å²) in [4.78, 5) is 21.9. The van der Waals surface area contributed by atoms with Crippen molar-refractivity contribution >= 4 is 11.9 Å². The van der Waals surface area contributed by atoms with Crippen LogP contribution in [-0.2, 0) is 15.8 Å². The second-order valence-corrected chi connectivity index (χ2v) is 4.68. The summed E-state index contributed by atoms with van der Waals surface area (Å²) >= 11 is 0. The van der Waals surface area contributed by atoms with E-state index in [0.29, 0.717) is 12.0 Å². The summed E-state index contributed by atoms with van der Waals surface area (Å²) in [5.74, 6) is -2.00. The van der Waals surface area contributed by atoms with Gasteiger partial charge in [-0.3, -0.25) is 9.59 Å². The van der Waals surface area contributed by atoms with Gasteiger partial charge in [-0.15, -0.1) is 0 Å². The van der Waals surface area contributed by atoms with Crippen LogP contribution in [-0.4, -0.2) is 23.5 Å². The fourth-order valence-corrected chi connectivity index (χ4v) is 2.07. The number of nitrogens with one attached hydrogen (secondary N) is 1. The number of hydrogen-bond donors (Lipinski definition) is 2. The van der Waals surface area contributed by atoms with Crippen molar-refractivity contribution in [1.82, 2.24) is 5.32 Å². The fourth-order valence-electron chi connectivity index (χ4n) is 2.07. The van der Waals surface area contributed by atoms with Crippen molar-refractivity contribution in [2.24, 2.45) is 5.92 Å². The third-order valence-corrected chi connectivity index (χ3v) is 3.21. The second kappa shape index (κ2) is 5.15. The van der Waals surface area contributed by atoms with Gasteiger partial charge in [0, 0.05) is 5.92 Å². The Balaban J connectivity index is 1.95. The van der Waals surface area contributed by atoms with E-state index in [9.17, 15) is 22.8 Å². The Labute approximate surface area is 112 Å². The molecule has 2 N–H and O–H groups in total. The van der Waals surface area contributed by atoms with Crippen molar-refractivity contribution in [2.45, 2.75) is 18.5 Å². The lowest BCUT2D eigenvalue weighted by Crippen LogP contribution is -2.30. The zero-order valence-corrected chi connectivity index (χ0v) is 10.3. The molecule has 4 nitrogen and oxygen atoms in total. The Kier molecular flexibility index (Phi) is 3.69. The number of alkyl halides is 3. The summed E-state index contributed by atoms with van der Waals surface area (Å²) < 4.78 is 37.2. The molecule has 0 unspecified atom stereocenters. The highest BCUT2D eigenvalue weighted by Crippen LogP contribution is 2.47. The number of benzene rings is 1. The molecule has 20 heavy (non-hydrogen) atoms. The highest BCUT2D eigenvalue weighted by atomic mass is 19.4. The van der Waals surface area contributed by atoms with Crippen LogP contribution < -0.4 is 5.32 Å². The maximum absolute atomic E-state index is 12.4. The van der Waals surface area contributed by atoms with E-state index in [1.54, 1.807) is 0 Å². The molecule has 108 valence electrons. The number of carbonyl (C=O) groups is 2. The van der Waals surface area contributed by atoms with E-state index in [4.69, 9.17) is 5.11 Å². The molecule has 1 amide bonds. The molecule has 1 aliphatic rings. The lowest BCUT2D eigenvalue weighted by atomic mass is 10.1. The molecule has 1 aliphatic carbocycles. The van der Waals surface area contributed by atoms with Gasteiger partial charge in [0.1, 0.15) is 6.54 Å². The number of hydrogen-bond acceptors (Lipinski definition) is 2. The summed E-state index contributed by atoms with van der Waals surface area (Å²) in [5, 5.41) is 10.7. The van der Waals surface area contributed by atoms with Crippen molar-refractivity contribution in [3.05, 3.63) is 35.4 Å². The van der Waals surface area contributed by atoms with Gasteiger partial charge in [0.2, 0.25) is 5.91 Å². The van der Waals surface area contributed by atoms with Crippen molar-refractivity contribution in [2.75, 3.05) is 6.54 Å². The van der Waals surface area contributed by atoms with E-state index < -0.39 is 24.3 Å². The number of halogens is 3. The van der Waals surface area contributed by atoms with Crippen molar-refractivity contribution < 1.29 is 27.9 Å². The highest BCUT2D eigenvalue weighted by Gasteiger charge is 2.44. The molecule has 1 fully saturated rings. The third kappa shape index (κ3) is 3.28. The van der Waals surface area contributed by atoms with E-state index >= 15 is 0 Å². The van der Waals surface area contributed by atoms with Gasteiger partial charge in [-0.25, -0.2) is 0 Å². The predicted molar refractivity (Wildman–Crippen MR) is 62.9 cm³/mol. The topological polar surface area (TPSA) is 66.4 Å². The Morgan fingerprint density at radius 1 is 1.25 bits per heavy atom. The molecule has 1 saturated carbocycles. The summed E-state index contributed by atoms with van der Waals surface area (Å²) in [5.41, 5.74) is -0.0674. The number of rotatable bonds is 4. The van der Waals surface area contributed by atoms with Crippen LogP contribution in [0.3, 0.4) is 0 Å². The van der Waals surface area contributed by atoms with Crippen molar-refractivity contribution in [3.63, 3.8) is 0 Å². The lowest BCUT2D eigenvalue weighted by molar-refractivity contribution is -0.138. The molecular weight excluding hydrogens is 275 g/mol. The first kappa shape index (κ1) is 14.4. The molecule has 0 heterocycles. The number of aliphatic carboxylic acids is 1. The van der Waals surface area contributed by atoms with Crippen LogP contribution in [0.4, 0.5) is 13.2 Å². The first-order chi connectivity index (χ1) is 9.29. The molecule has 2 atom stereocenters. The predicted octanol–water partition coefficient (Wildman–Crippen LogP) is 2.01. The van der Waals surface area contributed by atoms with Gasteiger partial charge >= 0.3 is 12.1 Å². The van der Waals surface area contributed by atoms with Crippen LogP contribution in [0, 0.1) is 5.92 Å². The van der Waals surface area contributed by atoms with Gasteiger partial charge in [-0.2, -0.15) is 13.2 Å². The molecule has 1 aromatic carbocycles. The van der Waals surface area contributed by atoms with Gasteiger partial charge in [0.15, 0.2) is 0 Å². The number of carboxylic acids is 1. The molecule has 0 spiro atoms. The first-order valence-corrected chi connectivity index (χ1v) is 5.95. The minimum atomic E-state index is -4.37. The molecule has 2 rings (SSSR count). The van der Waals surface area contributed by atoms with Crippen LogP contribution >= 0.6 is 0 Å². The smallest absolute Gasteiger partial charge is 0.416 e. The van der Waals surface area contributed by atoms with E-state index in [2.05, 4.69) is 5.32 Å². The highest BCUT2D eigenvalue weighted by molar-refractivity contribution is 5.85. The average molecular weight is 287 g/mol. The average Bonchev–Trinajstić information content (AvgIpc) is 3.15. The maximum Gasteiger partial charge on any atom is 0.416 e. The summed E-state index contributed by atoms with van der Waals surface area (Å²) in [6, 6.07) is 4.69. The van der Waals surface area contributed by atoms with Crippen molar-refractivity contribution in [1.29, 1.82) is 0 Å². The van der Waals surface area contributed by atoms with Crippen LogP contribution in [0.2, 0.25) is 0 Å². The SMILES string of the molecule is O=C(O)CNC(=O)[C@H]1C[C@H]1c1ccc(C(F)(F)F)cc1. The Morgan fingerprint density at radius 2 is 1.85 bits per heavy atom. The molecule has 1 aromatic rings. The fraction of sp³-hybridized carbons (Fsp3) is 0.385. The summed E-state index contributed by atoms with van der Waals surface area (Å²) in [6.45, 7) is -0.449. The largest absolute Gasteiger partial charge is 0.480 e. The van der Waals surface area contributed by atoms with Gasteiger partial charge in [0.05, 0.1) is 5.56 Å². The number of carboxylic acid groups (broad SMARTS) is 1. The van der Waals surface area contributed by atoms with E-state index in [-0.39, 0.29) is 17.7 Å². The molecular formula is C13H12F3NO3. The van der Waals surface area contributed by atoms with Crippen LogP contribution in [0.25, 0.3) is 0 Å². The normalized spacial score (nSPS) is 21.4. The van der Waals surface area contributed by atoms with E-state index in [1.165, 1.54) is 12.1 Å². The number of amides is 1. The molecule has 0 aliphatic heterocycles. The maximum atomic E-state index is 12.4. The van der Waals surface area contributed by atoms with Gasteiger partial charge < -0.3 is 10.4 Å². The lowest BCUT2D eigenvalue weighted by Gasteiger charge is -2.07. The van der Waals surface area contributed by atoms with Gasteiger partial charge in [0.25, 0.3) is 0 Å². The first-order valence-electron chi connectivity index (χ1n) is 5.95. The van der Waals surface area contributed by atoms with E-state index in [1.807, 2.05) is 0 Å². The third-order valence-electron chi connectivity index (χ3n) is 3.21. The van der Waals surface area contributed by atoms with Gasteiger partial charge in [-0.1, -0.05) is 12.1 Å². The quantitative estimate of drug-likeness (QED) is 0.890. The number of carbonyl (C=O) groups excluding carboxylic acids is 1. The zero-order chi connectivity index (χ0) is 14.9. The van der Waals surface area contributed by atoms with Gasteiger partial charge in [-0.05, 0) is 30.0 Å². The molecule has 0 bridgehead atoms. The molecule has 0 saturated heterocycles. The van der Waals surface area contributed by atoms with Crippen molar-refractivity contribution in [3.8, 4) is 0 Å². The minimum Gasteiger partial charge on any atom is -0.480 e. The Hall–Kier alpha value is -2.05. The second-order valence-electron chi connectivity index (χ2n) is 4.68.